The molecule has 2 unspecified atom stereocenters. The average Bonchev–Trinajstić information content (AvgIpc) is 2.95. The molecule has 1 aliphatic rings. The summed E-state index contributed by atoms with van der Waals surface area (Å²) in [4.78, 5) is 4.25. The van der Waals surface area contributed by atoms with Gasteiger partial charge in [0.05, 0.1) is 12.0 Å². The third kappa shape index (κ3) is 3.51. The van der Waals surface area contributed by atoms with Gasteiger partial charge in [0.15, 0.2) is 0 Å². The summed E-state index contributed by atoms with van der Waals surface area (Å²) in [6.07, 6.45) is 7.95. The van der Waals surface area contributed by atoms with Crippen LogP contribution in [0.5, 0.6) is 0 Å². The largest absolute Gasteiger partial charge is 0.331 e. The molecule has 0 aliphatic heterocycles. The van der Waals surface area contributed by atoms with Gasteiger partial charge in [-0.25, -0.2) is 4.98 Å². The van der Waals surface area contributed by atoms with E-state index in [1.807, 2.05) is 12.5 Å². The first-order valence-electron chi connectivity index (χ1n) is 7.06. The standard InChI is InChI=1S/C14H25N3S/c1-4-18-14-6-5-12(7-14)16-9-13-8-15-10-17(13)11(2)3/h8,10-12,14,16H,4-7,9H2,1-3H3. The Morgan fingerprint density at radius 1 is 1.50 bits per heavy atom. The number of nitrogens with zero attached hydrogens (tertiary/aromatic N) is 2. The van der Waals surface area contributed by atoms with Gasteiger partial charge in [-0.1, -0.05) is 6.92 Å². The predicted octanol–water partition coefficient (Wildman–Crippen LogP) is 3.23. The molecule has 0 spiro atoms. The monoisotopic (exact) mass is 267 g/mol. The van der Waals surface area contributed by atoms with Crippen LogP contribution in [0.25, 0.3) is 0 Å². The maximum atomic E-state index is 4.25. The number of hydrogen-bond donors (Lipinski definition) is 1. The maximum absolute atomic E-state index is 4.25. The predicted molar refractivity (Wildman–Crippen MR) is 79.0 cm³/mol. The minimum Gasteiger partial charge on any atom is -0.331 e. The lowest BCUT2D eigenvalue weighted by Crippen LogP contribution is -2.27. The van der Waals surface area contributed by atoms with E-state index in [4.69, 9.17) is 0 Å². The Balaban J connectivity index is 1.80. The lowest BCUT2D eigenvalue weighted by atomic mass is 10.2. The number of imidazole rings is 1. The van der Waals surface area contributed by atoms with E-state index in [1.54, 1.807) is 0 Å². The van der Waals surface area contributed by atoms with Crippen molar-refractivity contribution in [1.29, 1.82) is 0 Å². The van der Waals surface area contributed by atoms with Crippen LogP contribution in [0, 0.1) is 0 Å². The summed E-state index contributed by atoms with van der Waals surface area (Å²) < 4.78 is 2.25. The van der Waals surface area contributed by atoms with Crippen LogP contribution in [0.15, 0.2) is 12.5 Å². The Morgan fingerprint density at radius 2 is 2.33 bits per heavy atom. The summed E-state index contributed by atoms with van der Waals surface area (Å²) in [5.41, 5.74) is 1.30. The Kier molecular flexibility index (Phi) is 5.13. The first-order chi connectivity index (χ1) is 8.70. The first-order valence-corrected chi connectivity index (χ1v) is 8.11. The van der Waals surface area contributed by atoms with E-state index in [1.165, 1.54) is 30.7 Å². The van der Waals surface area contributed by atoms with Gasteiger partial charge >= 0.3 is 0 Å². The van der Waals surface area contributed by atoms with Crippen LogP contribution in [0.2, 0.25) is 0 Å². The van der Waals surface area contributed by atoms with Crippen LogP contribution in [0.1, 0.15) is 51.8 Å². The van der Waals surface area contributed by atoms with Gasteiger partial charge in [-0.15, -0.1) is 0 Å². The van der Waals surface area contributed by atoms with Gasteiger partial charge in [0.25, 0.3) is 0 Å². The van der Waals surface area contributed by atoms with Crippen molar-refractivity contribution in [3.63, 3.8) is 0 Å². The molecule has 2 atom stereocenters. The summed E-state index contributed by atoms with van der Waals surface area (Å²) in [5.74, 6) is 1.25. The normalized spacial score (nSPS) is 24.0. The zero-order valence-corrected chi connectivity index (χ0v) is 12.5. The molecule has 0 radical (unpaired) electrons. The van der Waals surface area contributed by atoms with E-state index in [9.17, 15) is 0 Å². The minimum absolute atomic E-state index is 0.497. The van der Waals surface area contributed by atoms with Crippen LogP contribution in [-0.2, 0) is 6.54 Å². The van der Waals surface area contributed by atoms with E-state index in [-0.39, 0.29) is 0 Å². The van der Waals surface area contributed by atoms with Gasteiger partial charge in [-0.2, -0.15) is 11.8 Å². The van der Waals surface area contributed by atoms with Crippen molar-refractivity contribution < 1.29 is 0 Å². The number of thioether (sulfide) groups is 1. The van der Waals surface area contributed by atoms with Gasteiger partial charge in [-0.05, 0) is 38.9 Å². The van der Waals surface area contributed by atoms with Crippen molar-refractivity contribution in [3.05, 3.63) is 18.2 Å². The maximum Gasteiger partial charge on any atom is 0.0951 e. The summed E-state index contributed by atoms with van der Waals surface area (Å²) in [6.45, 7) is 7.61. The van der Waals surface area contributed by atoms with Crippen molar-refractivity contribution in [2.45, 2.75) is 63.9 Å². The Bertz CT molecular complexity index is 362. The van der Waals surface area contributed by atoms with Crippen molar-refractivity contribution >= 4 is 11.8 Å². The molecule has 1 aromatic heterocycles. The summed E-state index contributed by atoms with van der Waals surface area (Å²) in [5, 5.41) is 4.57. The third-order valence-electron chi connectivity index (χ3n) is 3.66. The van der Waals surface area contributed by atoms with Crippen LogP contribution in [0.4, 0.5) is 0 Å². The minimum atomic E-state index is 0.497. The zero-order chi connectivity index (χ0) is 13.0. The SMILES string of the molecule is CCSC1CCC(NCc2cncn2C(C)C)C1. The number of aromatic nitrogens is 2. The fraction of sp³-hybridized carbons (Fsp3) is 0.786. The summed E-state index contributed by atoms with van der Waals surface area (Å²) in [6, 6.07) is 1.20. The molecule has 2 rings (SSSR count). The second-order valence-corrected chi connectivity index (χ2v) is 6.93. The second-order valence-electron chi connectivity index (χ2n) is 5.35. The topological polar surface area (TPSA) is 29.9 Å². The molecule has 1 heterocycles. The molecular weight excluding hydrogens is 242 g/mol. The zero-order valence-electron chi connectivity index (χ0n) is 11.7. The molecule has 102 valence electrons. The van der Waals surface area contributed by atoms with Crippen molar-refractivity contribution in [2.24, 2.45) is 0 Å². The molecule has 0 amide bonds. The molecule has 18 heavy (non-hydrogen) atoms. The second kappa shape index (κ2) is 6.62. The molecule has 1 aromatic rings. The highest BCUT2D eigenvalue weighted by molar-refractivity contribution is 7.99. The highest BCUT2D eigenvalue weighted by Crippen LogP contribution is 2.29. The molecule has 1 N–H and O–H groups in total. The van der Waals surface area contributed by atoms with Crippen molar-refractivity contribution in [2.75, 3.05) is 5.75 Å². The molecule has 0 saturated heterocycles. The Hall–Kier alpha value is -0.480. The highest BCUT2D eigenvalue weighted by Gasteiger charge is 2.24. The Labute approximate surface area is 115 Å². The first kappa shape index (κ1) is 13.9. The van der Waals surface area contributed by atoms with E-state index < -0.39 is 0 Å². The molecule has 1 saturated carbocycles. The van der Waals surface area contributed by atoms with Crippen LogP contribution in [-0.4, -0.2) is 26.6 Å². The van der Waals surface area contributed by atoms with Gasteiger partial charge in [-0.3, -0.25) is 0 Å². The van der Waals surface area contributed by atoms with Gasteiger partial charge in [0, 0.05) is 30.1 Å². The fourth-order valence-corrected chi connectivity index (χ4v) is 3.84. The smallest absolute Gasteiger partial charge is 0.0951 e. The van der Waals surface area contributed by atoms with Gasteiger partial charge < -0.3 is 9.88 Å². The molecule has 0 bridgehead atoms. The van der Waals surface area contributed by atoms with Gasteiger partial charge in [0.1, 0.15) is 0 Å². The van der Waals surface area contributed by atoms with E-state index in [0.29, 0.717) is 12.1 Å². The number of rotatable bonds is 6. The third-order valence-corrected chi connectivity index (χ3v) is 4.89. The van der Waals surface area contributed by atoms with E-state index in [2.05, 4.69) is 47.4 Å². The summed E-state index contributed by atoms with van der Waals surface area (Å²) in [7, 11) is 0. The number of nitrogens with one attached hydrogen (secondary N) is 1. The molecule has 1 aliphatic carbocycles. The van der Waals surface area contributed by atoms with Crippen molar-refractivity contribution in [1.82, 2.24) is 14.9 Å². The van der Waals surface area contributed by atoms with Crippen LogP contribution < -0.4 is 5.32 Å². The van der Waals surface area contributed by atoms with E-state index in [0.717, 1.165) is 11.8 Å². The summed E-state index contributed by atoms with van der Waals surface area (Å²) >= 11 is 2.12. The fourth-order valence-electron chi connectivity index (χ4n) is 2.70. The quantitative estimate of drug-likeness (QED) is 0.858. The van der Waals surface area contributed by atoms with Crippen LogP contribution >= 0.6 is 11.8 Å². The molecular formula is C14H25N3S. The molecule has 3 nitrogen and oxygen atoms in total. The molecule has 1 fully saturated rings. The Morgan fingerprint density at radius 3 is 3.06 bits per heavy atom. The lowest BCUT2D eigenvalue weighted by Gasteiger charge is -2.16. The van der Waals surface area contributed by atoms with E-state index >= 15 is 0 Å². The van der Waals surface area contributed by atoms with Gasteiger partial charge in [0.2, 0.25) is 0 Å². The van der Waals surface area contributed by atoms with Crippen LogP contribution in [0.3, 0.4) is 0 Å². The van der Waals surface area contributed by atoms with Crippen molar-refractivity contribution in [3.8, 4) is 0 Å². The highest BCUT2D eigenvalue weighted by atomic mass is 32.2. The average molecular weight is 267 g/mol. The molecule has 0 aromatic carbocycles. The molecule has 4 heteroatoms. The number of hydrogen-bond acceptors (Lipinski definition) is 3. The lowest BCUT2D eigenvalue weighted by molar-refractivity contribution is 0.493.